The molecule has 0 aliphatic rings. The minimum atomic E-state index is -3.56. The molecular formula is C11H25FO4Si. The quantitative estimate of drug-likeness (QED) is 0.462. The minimum Gasteiger partial charge on any atom is -0.367 e. The summed E-state index contributed by atoms with van der Waals surface area (Å²) in [6, 6.07) is 0. The largest absolute Gasteiger partial charge is 0.676 e. The van der Waals surface area contributed by atoms with E-state index in [0.717, 1.165) is 19.3 Å². The van der Waals surface area contributed by atoms with Gasteiger partial charge in [0.25, 0.3) is 0 Å². The van der Waals surface area contributed by atoms with Crippen LogP contribution in [0.4, 0.5) is 4.39 Å². The molecule has 0 radical (unpaired) electrons. The van der Waals surface area contributed by atoms with E-state index in [4.69, 9.17) is 4.43 Å². The molecule has 0 rings (SSSR count). The highest BCUT2D eigenvalue weighted by atomic mass is 28.4. The van der Waals surface area contributed by atoms with Gasteiger partial charge in [-0.3, -0.25) is 0 Å². The fraction of sp³-hybridized carbons (Fsp3) is 1.00. The van der Waals surface area contributed by atoms with Crippen LogP contribution in [0.15, 0.2) is 0 Å². The smallest absolute Gasteiger partial charge is 0.367 e. The predicted molar refractivity (Wildman–Crippen MR) is 66.2 cm³/mol. The van der Waals surface area contributed by atoms with Crippen molar-refractivity contribution in [1.82, 2.24) is 0 Å². The van der Waals surface area contributed by atoms with Crippen molar-refractivity contribution in [3.05, 3.63) is 0 Å². The number of unbranched alkanes of at least 4 members (excludes halogenated alkanes) is 4. The molecule has 0 amide bonds. The molecule has 0 aliphatic carbocycles. The van der Waals surface area contributed by atoms with Gasteiger partial charge in [0.05, 0.1) is 6.61 Å². The summed E-state index contributed by atoms with van der Waals surface area (Å²) in [6.45, 7) is 1.98. The number of halogens is 1. The average molecular weight is 268 g/mol. The van der Waals surface area contributed by atoms with Crippen LogP contribution in [0.5, 0.6) is 0 Å². The molecular weight excluding hydrogens is 243 g/mol. The van der Waals surface area contributed by atoms with Crippen molar-refractivity contribution in [2.45, 2.75) is 51.6 Å². The van der Waals surface area contributed by atoms with Crippen LogP contribution in [-0.2, 0) is 13.3 Å². The van der Waals surface area contributed by atoms with Crippen molar-refractivity contribution < 1.29 is 22.5 Å². The lowest BCUT2D eigenvalue weighted by atomic mass is 10.1. The van der Waals surface area contributed by atoms with Gasteiger partial charge in [0, 0.05) is 14.2 Å². The van der Waals surface area contributed by atoms with Crippen LogP contribution in [0.25, 0.3) is 0 Å². The zero-order chi connectivity index (χ0) is 13.1. The summed E-state index contributed by atoms with van der Waals surface area (Å²) in [7, 11) is -0.989. The Hall–Kier alpha value is -0.0131. The molecule has 6 heteroatoms. The maximum atomic E-state index is 13.4. The summed E-state index contributed by atoms with van der Waals surface area (Å²) in [4.78, 5) is 9.52. The van der Waals surface area contributed by atoms with E-state index < -0.39 is 15.2 Å². The van der Waals surface area contributed by atoms with Crippen molar-refractivity contribution in [2.24, 2.45) is 0 Å². The lowest BCUT2D eigenvalue weighted by Gasteiger charge is -2.19. The van der Waals surface area contributed by atoms with Gasteiger partial charge in [-0.1, -0.05) is 39.0 Å². The normalized spacial score (nSPS) is 13.9. The summed E-state index contributed by atoms with van der Waals surface area (Å²) in [6.07, 6.45) is 4.83. The molecule has 0 spiro atoms. The minimum absolute atomic E-state index is 0.168. The van der Waals surface area contributed by atoms with Gasteiger partial charge in [0.2, 0.25) is 0 Å². The molecule has 17 heavy (non-hydrogen) atoms. The van der Waals surface area contributed by atoms with Crippen molar-refractivity contribution in [3.63, 3.8) is 0 Å². The Morgan fingerprint density at radius 3 is 2.24 bits per heavy atom. The summed E-state index contributed by atoms with van der Waals surface area (Å²) in [5.74, 6) is 0. The second-order valence-electron chi connectivity index (χ2n) is 4.04. The Balaban J connectivity index is 3.55. The van der Waals surface area contributed by atoms with E-state index >= 15 is 0 Å². The van der Waals surface area contributed by atoms with Gasteiger partial charge in [-0.2, -0.15) is 0 Å². The van der Waals surface area contributed by atoms with Crippen LogP contribution in [0.1, 0.15) is 45.4 Å². The fourth-order valence-corrected chi connectivity index (χ4v) is 2.24. The summed E-state index contributed by atoms with van der Waals surface area (Å²) < 4.78 is 27.7. The summed E-state index contributed by atoms with van der Waals surface area (Å²) in [5.41, 5.74) is 0. The first kappa shape index (κ1) is 17.0. The maximum Gasteiger partial charge on any atom is 0.676 e. The third kappa shape index (κ3) is 8.68. The molecule has 4 nitrogen and oxygen atoms in total. The molecule has 0 heterocycles. The molecule has 0 saturated heterocycles. The molecule has 0 saturated carbocycles. The van der Waals surface area contributed by atoms with E-state index in [1.807, 2.05) is 0 Å². The first-order valence-electron chi connectivity index (χ1n) is 6.18. The van der Waals surface area contributed by atoms with Gasteiger partial charge in [-0.05, 0) is 6.42 Å². The van der Waals surface area contributed by atoms with E-state index in [1.165, 1.54) is 27.1 Å². The van der Waals surface area contributed by atoms with Crippen LogP contribution in [0, 0.1) is 0 Å². The lowest BCUT2D eigenvalue weighted by molar-refractivity contribution is 0.00659. The van der Waals surface area contributed by atoms with Gasteiger partial charge in [-0.15, -0.1) is 0 Å². The Morgan fingerprint density at radius 2 is 1.71 bits per heavy atom. The molecule has 104 valence electrons. The van der Waals surface area contributed by atoms with Gasteiger partial charge in [-0.25, -0.2) is 4.39 Å². The zero-order valence-corrected chi connectivity index (χ0v) is 12.1. The first-order chi connectivity index (χ1) is 8.08. The number of hydrogen-bond donors (Lipinski definition) is 1. The van der Waals surface area contributed by atoms with Crippen molar-refractivity contribution in [2.75, 3.05) is 20.8 Å². The van der Waals surface area contributed by atoms with Crippen LogP contribution in [0.2, 0.25) is 0 Å². The van der Waals surface area contributed by atoms with Crippen LogP contribution in [-0.4, -0.2) is 40.8 Å². The van der Waals surface area contributed by atoms with Crippen LogP contribution < -0.4 is 0 Å². The van der Waals surface area contributed by atoms with Crippen molar-refractivity contribution >= 4 is 9.05 Å². The zero-order valence-electron chi connectivity index (χ0n) is 11.1. The Morgan fingerprint density at radius 1 is 1.12 bits per heavy atom. The standard InChI is InChI=1S/C11H25FO4Si/c1-4-5-6-7-8-9-11(12)10-16-17(13,14-2)15-3/h11,13H,4-10H2,1-3H3. The molecule has 0 aromatic rings. The lowest BCUT2D eigenvalue weighted by Crippen LogP contribution is -2.45. The van der Waals surface area contributed by atoms with Crippen molar-refractivity contribution in [3.8, 4) is 0 Å². The second-order valence-corrected chi connectivity index (χ2v) is 6.20. The Kier molecular flexibility index (Phi) is 9.95. The molecule has 0 fully saturated rings. The monoisotopic (exact) mass is 268 g/mol. The summed E-state index contributed by atoms with van der Waals surface area (Å²) >= 11 is 0. The molecule has 1 unspecified atom stereocenters. The highest BCUT2D eigenvalue weighted by Crippen LogP contribution is 2.11. The highest BCUT2D eigenvalue weighted by molar-refractivity contribution is 6.51. The topological polar surface area (TPSA) is 47.9 Å². The average Bonchev–Trinajstić information content (AvgIpc) is 2.35. The molecule has 0 bridgehead atoms. The van der Waals surface area contributed by atoms with E-state index in [-0.39, 0.29) is 6.61 Å². The Bertz CT molecular complexity index is 179. The first-order valence-corrected chi connectivity index (χ1v) is 7.85. The van der Waals surface area contributed by atoms with Crippen LogP contribution >= 0.6 is 0 Å². The SMILES string of the molecule is CCCCCCCC(F)CO[Si](O)(OC)OC. The van der Waals surface area contributed by atoms with Gasteiger partial charge >= 0.3 is 9.05 Å². The number of rotatable bonds is 11. The molecule has 1 N–H and O–H groups in total. The third-order valence-electron chi connectivity index (χ3n) is 2.58. The molecule has 1 atom stereocenters. The van der Waals surface area contributed by atoms with E-state index in [2.05, 4.69) is 15.8 Å². The molecule has 0 aromatic carbocycles. The number of hydrogen-bond acceptors (Lipinski definition) is 4. The van der Waals surface area contributed by atoms with E-state index in [9.17, 15) is 9.19 Å². The van der Waals surface area contributed by atoms with E-state index in [0.29, 0.717) is 6.42 Å². The number of alkyl halides is 1. The molecule has 0 aliphatic heterocycles. The predicted octanol–water partition coefficient (Wildman–Crippen LogP) is 2.42. The maximum absolute atomic E-state index is 13.4. The van der Waals surface area contributed by atoms with Gasteiger partial charge in [0.1, 0.15) is 6.17 Å². The summed E-state index contributed by atoms with van der Waals surface area (Å²) in [5, 5.41) is 0. The molecule has 0 aromatic heterocycles. The van der Waals surface area contributed by atoms with E-state index in [1.54, 1.807) is 0 Å². The Labute approximate surface area is 105 Å². The second kappa shape index (κ2) is 9.96. The van der Waals surface area contributed by atoms with Crippen molar-refractivity contribution in [1.29, 1.82) is 0 Å². The highest BCUT2D eigenvalue weighted by Gasteiger charge is 2.39. The van der Waals surface area contributed by atoms with Gasteiger partial charge < -0.3 is 18.1 Å². The van der Waals surface area contributed by atoms with Gasteiger partial charge in [0.15, 0.2) is 0 Å². The van der Waals surface area contributed by atoms with Crippen LogP contribution in [0.3, 0.4) is 0 Å². The third-order valence-corrected chi connectivity index (χ3v) is 4.15. The fourth-order valence-electron chi connectivity index (χ4n) is 1.45.